The molecule has 5 heteroatoms. The Morgan fingerprint density at radius 3 is 2.15 bits per heavy atom. The second-order valence-electron chi connectivity index (χ2n) is 9.51. The van der Waals surface area contributed by atoms with Crippen molar-refractivity contribution >= 4 is 35.8 Å². The van der Waals surface area contributed by atoms with Crippen molar-refractivity contribution in [1.82, 2.24) is 0 Å². The third-order valence-corrected chi connectivity index (χ3v) is 11.1. The molecule has 148 valence electrons. The van der Waals surface area contributed by atoms with Crippen LogP contribution in [0.3, 0.4) is 0 Å². The maximum absolute atomic E-state index is 12.7. The number of hydrogen-bond acceptors (Lipinski definition) is 2. The van der Waals surface area contributed by atoms with E-state index in [1.165, 1.54) is 5.39 Å². The van der Waals surface area contributed by atoms with Crippen molar-refractivity contribution in [1.29, 1.82) is 0 Å². The molecular formula is C22H33NO2SSi. The molecule has 0 N–H and O–H groups in total. The molecule has 2 aromatic carbocycles. The number of nitrogens with zero attached hydrogens (tertiary/aromatic N) is 1. The summed E-state index contributed by atoms with van der Waals surface area (Å²) in [6.07, 6.45) is 0. The first kappa shape index (κ1) is 22.0. The zero-order valence-corrected chi connectivity index (χ0v) is 19.7. The molecule has 0 aliphatic carbocycles. The van der Waals surface area contributed by atoms with Crippen molar-refractivity contribution in [3.05, 3.63) is 48.0 Å². The van der Waals surface area contributed by atoms with Crippen molar-refractivity contribution in [2.75, 3.05) is 6.61 Å². The third kappa shape index (κ3) is 5.59. The van der Waals surface area contributed by atoms with E-state index in [9.17, 15) is 4.21 Å². The fourth-order valence-corrected chi connectivity index (χ4v) is 3.80. The minimum Gasteiger partial charge on any atom is -0.411 e. The molecule has 0 unspecified atom stereocenters. The first-order valence-corrected chi connectivity index (χ1v) is 13.5. The van der Waals surface area contributed by atoms with Gasteiger partial charge in [-0.3, -0.25) is 0 Å². The summed E-state index contributed by atoms with van der Waals surface area (Å²) in [5.74, 6) is 0. The van der Waals surface area contributed by atoms with Gasteiger partial charge in [-0.05, 0) is 61.3 Å². The molecule has 0 bridgehead atoms. The summed E-state index contributed by atoms with van der Waals surface area (Å²) in [5.41, 5.74) is 1.74. The van der Waals surface area contributed by atoms with Crippen molar-refractivity contribution in [3.63, 3.8) is 0 Å². The smallest absolute Gasteiger partial charge is 0.192 e. The van der Waals surface area contributed by atoms with Gasteiger partial charge in [-0.1, -0.05) is 57.2 Å². The van der Waals surface area contributed by atoms with Gasteiger partial charge in [0.05, 0.1) is 17.1 Å². The second-order valence-corrected chi connectivity index (χ2v) is 16.2. The topological polar surface area (TPSA) is 38.7 Å². The van der Waals surface area contributed by atoms with E-state index in [0.29, 0.717) is 6.61 Å². The van der Waals surface area contributed by atoms with Gasteiger partial charge in [0.15, 0.2) is 8.32 Å². The summed E-state index contributed by atoms with van der Waals surface area (Å²) in [6.45, 7) is 17.3. The van der Waals surface area contributed by atoms with Crippen molar-refractivity contribution in [2.45, 2.75) is 64.4 Å². The van der Waals surface area contributed by atoms with Crippen LogP contribution in [-0.4, -0.2) is 29.6 Å². The van der Waals surface area contributed by atoms with Crippen LogP contribution in [-0.2, 0) is 15.4 Å². The monoisotopic (exact) mass is 403 g/mol. The summed E-state index contributed by atoms with van der Waals surface area (Å²) in [4.78, 5) is 0. The molecule has 0 heterocycles. The highest BCUT2D eigenvalue weighted by atomic mass is 32.2. The van der Waals surface area contributed by atoms with E-state index in [0.717, 1.165) is 16.7 Å². The van der Waals surface area contributed by atoms with Gasteiger partial charge in [0.1, 0.15) is 11.0 Å². The van der Waals surface area contributed by atoms with Gasteiger partial charge in [-0.2, -0.15) is 4.40 Å². The average molecular weight is 404 g/mol. The molecule has 0 spiro atoms. The Hall–Kier alpha value is -1.30. The normalized spacial score (nSPS) is 15.2. The Kier molecular flexibility index (Phi) is 6.50. The van der Waals surface area contributed by atoms with Gasteiger partial charge >= 0.3 is 0 Å². The SMILES string of the molecule is CC(C)(C)[S@@](=O)/N=C(/CO[Si](C)(C)C(C)(C)C)c1ccc2ccccc2c1. The molecule has 0 aromatic heterocycles. The highest BCUT2D eigenvalue weighted by molar-refractivity contribution is 7.85. The minimum atomic E-state index is -1.93. The van der Waals surface area contributed by atoms with Crippen molar-refractivity contribution in [2.24, 2.45) is 4.40 Å². The molecule has 2 aromatic rings. The molecule has 0 aliphatic heterocycles. The van der Waals surface area contributed by atoms with Gasteiger partial charge in [0.25, 0.3) is 0 Å². The van der Waals surface area contributed by atoms with Gasteiger partial charge in [0.2, 0.25) is 0 Å². The van der Waals surface area contributed by atoms with Crippen LogP contribution in [0.1, 0.15) is 47.1 Å². The maximum Gasteiger partial charge on any atom is 0.192 e. The van der Waals surface area contributed by atoms with Crippen molar-refractivity contribution in [3.8, 4) is 0 Å². The summed E-state index contributed by atoms with van der Waals surface area (Å²) < 4.78 is 23.3. The first-order valence-electron chi connectivity index (χ1n) is 9.44. The lowest BCUT2D eigenvalue weighted by Crippen LogP contribution is -2.42. The van der Waals surface area contributed by atoms with E-state index in [1.807, 2.05) is 32.9 Å². The molecular weight excluding hydrogens is 370 g/mol. The fourth-order valence-electron chi connectivity index (χ4n) is 2.23. The predicted molar refractivity (Wildman–Crippen MR) is 122 cm³/mol. The van der Waals surface area contributed by atoms with Gasteiger partial charge < -0.3 is 4.43 Å². The number of rotatable bonds is 5. The van der Waals surface area contributed by atoms with Crippen LogP contribution >= 0.6 is 0 Å². The highest BCUT2D eigenvalue weighted by Crippen LogP contribution is 2.36. The van der Waals surface area contributed by atoms with E-state index < -0.39 is 24.1 Å². The Morgan fingerprint density at radius 1 is 1.00 bits per heavy atom. The van der Waals surface area contributed by atoms with E-state index in [4.69, 9.17) is 4.43 Å². The minimum absolute atomic E-state index is 0.116. The lowest BCUT2D eigenvalue weighted by Gasteiger charge is -2.36. The van der Waals surface area contributed by atoms with Gasteiger partial charge in [-0.25, -0.2) is 4.21 Å². The molecule has 2 rings (SSSR count). The third-order valence-electron chi connectivity index (χ3n) is 5.18. The second kappa shape index (κ2) is 7.98. The first-order chi connectivity index (χ1) is 12.3. The summed E-state index contributed by atoms with van der Waals surface area (Å²) in [7, 11) is -3.26. The Balaban J connectivity index is 2.43. The molecule has 3 nitrogen and oxygen atoms in total. The van der Waals surface area contributed by atoms with Gasteiger partial charge in [0, 0.05) is 0 Å². The predicted octanol–water partition coefficient (Wildman–Crippen LogP) is 6.11. The van der Waals surface area contributed by atoms with E-state index in [-0.39, 0.29) is 5.04 Å². The zero-order chi connectivity index (χ0) is 20.5. The maximum atomic E-state index is 12.7. The van der Waals surface area contributed by atoms with Crippen LogP contribution in [0.25, 0.3) is 10.8 Å². The molecule has 1 atom stereocenters. The van der Waals surface area contributed by atoms with Gasteiger partial charge in [-0.15, -0.1) is 0 Å². The standard InChI is InChI=1S/C22H33NO2SSi/c1-21(2,3)26(24)23-20(16-25-27(7,8)22(4,5)6)19-14-13-17-11-9-10-12-18(17)15-19/h9-15H,16H2,1-8H3/b23-20-/t26-/m1/s1. The number of hydrogen-bond donors (Lipinski definition) is 0. The Labute approximate surface area is 168 Å². The lowest BCUT2D eigenvalue weighted by molar-refractivity contribution is 0.340. The van der Waals surface area contributed by atoms with Crippen LogP contribution in [0.2, 0.25) is 18.1 Å². The summed E-state index contributed by atoms with van der Waals surface area (Å²) >= 11 is 0. The molecule has 0 saturated heterocycles. The summed E-state index contributed by atoms with van der Waals surface area (Å²) in [6, 6.07) is 14.5. The molecule has 0 aliphatic rings. The summed E-state index contributed by atoms with van der Waals surface area (Å²) in [5, 5.41) is 2.45. The molecule has 27 heavy (non-hydrogen) atoms. The van der Waals surface area contributed by atoms with E-state index >= 15 is 0 Å². The van der Waals surface area contributed by atoms with Crippen LogP contribution in [0.15, 0.2) is 46.9 Å². The Bertz CT molecular complexity index is 860. The molecule has 0 amide bonds. The van der Waals surface area contributed by atoms with E-state index in [1.54, 1.807) is 0 Å². The average Bonchev–Trinajstić information content (AvgIpc) is 2.56. The molecule has 0 fully saturated rings. The van der Waals surface area contributed by atoms with Crippen LogP contribution in [0.4, 0.5) is 0 Å². The largest absolute Gasteiger partial charge is 0.411 e. The quantitative estimate of drug-likeness (QED) is 0.446. The fraction of sp³-hybridized carbons (Fsp3) is 0.500. The van der Waals surface area contributed by atoms with Crippen LogP contribution in [0, 0.1) is 0 Å². The lowest BCUT2D eigenvalue weighted by atomic mass is 10.0. The number of benzene rings is 2. The Morgan fingerprint density at radius 2 is 1.59 bits per heavy atom. The number of fused-ring (bicyclic) bond motifs is 1. The highest BCUT2D eigenvalue weighted by Gasteiger charge is 2.37. The van der Waals surface area contributed by atoms with Crippen LogP contribution in [0.5, 0.6) is 0 Å². The van der Waals surface area contributed by atoms with Crippen molar-refractivity contribution < 1.29 is 8.63 Å². The zero-order valence-electron chi connectivity index (χ0n) is 17.9. The molecule has 0 saturated carbocycles. The molecule has 0 radical (unpaired) electrons. The van der Waals surface area contributed by atoms with Crippen LogP contribution < -0.4 is 0 Å². The van der Waals surface area contributed by atoms with E-state index in [2.05, 4.69) is 68.6 Å².